The molecule has 47 heavy (non-hydrogen) atoms. The van der Waals surface area contributed by atoms with Crippen LogP contribution in [0.5, 0.6) is 0 Å². The SMILES string of the molecule is [B]P1(=O)OC[C@H]2O[C@@H](n3cc4c5c(ccnc53)NOCC4)[C@@H](F)C2OP(O)(=S)OC[C@H]2O[C@@H](n3cnc4c(N)ncnc43)C(F)[C@H]2O1. The molecule has 4 unspecified atom stereocenters. The first kappa shape index (κ1) is 31.6. The second-order valence-electron chi connectivity index (χ2n) is 11.2. The van der Waals surface area contributed by atoms with Crippen molar-refractivity contribution in [2.24, 2.45) is 0 Å². The van der Waals surface area contributed by atoms with Gasteiger partial charge in [0.25, 0.3) is 7.47 Å². The first-order chi connectivity index (χ1) is 22.5. The number of nitrogens with two attached hydrogens (primary N) is 1. The lowest BCUT2D eigenvalue weighted by atomic mass is 10.1. The van der Waals surface area contributed by atoms with Gasteiger partial charge in [0, 0.05) is 24.2 Å². The second-order valence-corrected chi connectivity index (χ2v) is 15.5. The van der Waals surface area contributed by atoms with Crippen LogP contribution in [0.25, 0.3) is 22.2 Å². The number of hydrogen-bond donors (Lipinski definition) is 3. The number of rotatable bonds is 2. The van der Waals surface area contributed by atoms with Crippen LogP contribution >= 0.6 is 14.2 Å². The van der Waals surface area contributed by atoms with E-state index in [9.17, 15) is 9.46 Å². The van der Waals surface area contributed by atoms with Gasteiger partial charge in [-0.05, 0) is 23.4 Å². The maximum atomic E-state index is 16.3. The summed E-state index contributed by atoms with van der Waals surface area (Å²) in [6.07, 6.45) is -6.54. The molecule has 4 aliphatic rings. The third-order valence-corrected chi connectivity index (χ3v) is 10.9. The number of halogens is 2. The predicted octanol–water partition coefficient (Wildman–Crippen LogP) is 2.14. The van der Waals surface area contributed by atoms with Gasteiger partial charge in [-0.15, -0.1) is 0 Å². The standard InChI is InChI=1S/C24H25BF2N8O9P2S/c25-45(36)39-6-12-19(16(27)23(41-12)34-5-10-2-4-38-33-11-1-3-29-21(34)14(10)11)44-46(37,47)40-7-13-18(43-45)15(26)24(42-13)35-9-32-17-20(28)30-8-31-22(17)35/h1,3,5,8-9,12-13,15-16,18-19,23-24,33H,2,4,6-7H2,(H,37,47)(H2,28,30,31)/t12-,13-,15?,16+,18+,19?,23-,24-,45?,46?/m1/s1. The lowest BCUT2D eigenvalue weighted by molar-refractivity contribution is -0.0565. The molecule has 3 fully saturated rings. The van der Waals surface area contributed by atoms with E-state index in [0.29, 0.717) is 29.7 Å². The Morgan fingerprint density at radius 3 is 2.53 bits per heavy atom. The second kappa shape index (κ2) is 11.7. The molecule has 0 bridgehead atoms. The van der Waals surface area contributed by atoms with Crippen molar-refractivity contribution < 1.29 is 50.6 Å². The largest absolute Gasteiger partial charge is 0.382 e. The Hall–Kier alpha value is -2.68. The molecule has 23 heteroatoms. The number of ether oxygens (including phenoxy) is 2. The van der Waals surface area contributed by atoms with Crippen LogP contribution in [0.2, 0.25) is 0 Å². The van der Waals surface area contributed by atoms with Gasteiger partial charge in [-0.2, -0.15) is 0 Å². The highest BCUT2D eigenvalue weighted by molar-refractivity contribution is 8.07. The van der Waals surface area contributed by atoms with Crippen LogP contribution in [0.4, 0.5) is 20.3 Å². The zero-order valence-electron chi connectivity index (χ0n) is 23.9. The first-order valence-electron chi connectivity index (χ1n) is 14.3. The minimum absolute atomic E-state index is 0.0552. The van der Waals surface area contributed by atoms with Crippen LogP contribution in [0.3, 0.4) is 0 Å². The molecule has 17 nitrogen and oxygen atoms in total. The molecule has 0 saturated carbocycles. The lowest BCUT2D eigenvalue weighted by Crippen LogP contribution is -2.37. The maximum absolute atomic E-state index is 16.3. The van der Waals surface area contributed by atoms with Gasteiger partial charge in [0.1, 0.15) is 41.9 Å². The van der Waals surface area contributed by atoms with Crippen molar-refractivity contribution >= 4 is 67.3 Å². The molecule has 0 aromatic carbocycles. The van der Waals surface area contributed by atoms with Gasteiger partial charge in [0.15, 0.2) is 36.3 Å². The molecule has 4 aromatic rings. The van der Waals surface area contributed by atoms with E-state index >= 15 is 8.78 Å². The zero-order valence-corrected chi connectivity index (χ0v) is 26.5. The molecular weight excluding hydrogens is 687 g/mol. The van der Waals surface area contributed by atoms with Crippen molar-refractivity contribution in [2.45, 2.75) is 55.6 Å². The van der Waals surface area contributed by atoms with Gasteiger partial charge >= 0.3 is 6.72 Å². The normalized spacial score (nSPS) is 37.9. The summed E-state index contributed by atoms with van der Waals surface area (Å²) in [6.45, 7) is -5.17. The number of hydrogen-bond acceptors (Lipinski definition) is 15. The first-order valence-corrected chi connectivity index (χ1v) is 18.5. The van der Waals surface area contributed by atoms with E-state index in [4.69, 9.17) is 57.5 Å². The third kappa shape index (κ3) is 5.56. The summed E-state index contributed by atoms with van der Waals surface area (Å²) >= 11 is 5.22. The lowest BCUT2D eigenvalue weighted by Gasteiger charge is -2.29. The molecule has 4 aromatic heterocycles. The molecule has 0 spiro atoms. The van der Waals surface area contributed by atoms with Crippen LogP contribution in [0, 0.1) is 0 Å². The number of imidazole rings is 1. The summed E-state index contributed by atoms with van der Waals surface area (Å²) in [6, 6.07) is 1.72. The molecule has 8 heterocycles. The topological polar surface area (TPSA) is 201 Å². The van der Waals surface area contributed by atoms with Crippen molar-refractivity contribution in [3.8, 4) is 0 Å². The molecule has 3 saturated heterocycles. The molecular formula is C24H25BF2N8O9P2S. The molecule has 248 valence electrons. The molecule has 0 aliphatic carbocycles. The Kier molecular flexibility index (Phi) is 7.89. The summed E-state index contributed by atoms with van der Waals surface area (Å²) in [5, 5.41) is 0.713. The number of nitrogens with one attached hydrogen (secondary N) is 1. The Morgan fingerprint density at radius 1 is 1.02 bits per heavy atom. The minimum atomic E-state index is -4.57. The number of nitrogens with zero attached hydrogens (tertiary/aromatic N) is 6. The fourth-order valence-corrected chi connectivity index (χ4v) is 8.60. The van der Waals surface area contributed by atoms with Crippen LogP contribution in [-0.4, -0.2) is 98.1 Å². The van der Waals surface area contributed by atoms with Crippen LogP contribution in [0.1, 0.15) is 18.0 Å². The van der Waals surface area contributed by atoms with E-state index < -0.39 is 76.6 Å². The predicted molar refractivity (Wildman–Crippen MR) is 162 cm³/mol. The zero-order chi connectivity index (χ0) is 32.7. The molecule has 8 rings (SSSR count). The minimum Gasteiger partial charge on any atom is -0.382 e. The third-order valence-electron chi connectivity index (χ3n) is 8.26. The monoisotopic (exact) mass is 712 g/mol. The highest BCUT2D eigenvalue weighted by Crippen LogP contribution is 2.54. The van der Waals surface area contributed by atoms with Crippen LogP contribution in [-0.2, 0) is 55.2 Å². The smallest absolute Gasteiger partial charge is 0.325 e. The molecule has 0 amide bonds. The van der Waals surface area contributed by atoms with Gasteiger partial charge in [-0.1, -0.05) is 0 Å². The van der Waals surface area contributed by atoms with Gasteiger partial charge in [0.05, 0.1) is 31.8 Å². The summed E-state index contributed by atoms with van der Waals surface area (Å²) in [4.78, 5) is 32.9. The number of fused-ring (bicyclic) bond motifs is 3. The Morgan fingerprint density at radius 2 is 1.74 bits per heavy atom. The van der Waals surface area contributed by atoms with Gasteiger partial charge in [0.2, 0.25) is 7.57 Å². The average molecular weight is 712 g/mol. The van der Waals surface area contributed by atoms with Crippen molar-refractivity contribution in [1.82, 2.24) is 29.1 Å². The van der Waals surface area contributed by atoms with Crippen molar-refractivity contribution in [1.29, 1.82) is 0 Å². The van der Waals surface area contributed by atoms with Gasteiger partial charge in [-0.3, -0.25) is 24.0 Å². The summed E-state index contributed by atoms with van der Waals surface area (Å²) in [5.41, 5.74) is 10.9. The number of nitrogen functional groups attached to an aromatic ring is 1. The van der Waals surface area contributed by atoms with Gasteiger partial charge in [-0.25, -0.2) is 28.7 Å². The highest BCUT2D eigenvalue weighted by atomic mass is 32.5. The number of alkyl halides is 2. The summed E-state index contributed by atoms with van der Waals surface area (Å²) in [5.74, 6) is 0.0552. The quantitative estimate of drug-likeness (QED) is 0.201. The van der Waals surface area contributed by atoms with E-state index in [-0.39, 0.29) is 17.0 Å². The number of pyridine rings is 1. The molecule has 2 radical (unpaired) electrons. The van der Waals surface area contributed by atoms with E-state index in [0.717, 1.165) is 5.56 Å². The Balaban J connectivity index is 1.08. The Bertz CT molecular complexity index is 1960. The van der Waals surface area contributed by atoms with E-state index in [1.54, 1.807) is 12.3 Å². The Labute approximate surface area is 270 Å². The fourth-order valence-electron chi connectivity index (χ4n) is 6.16. The van der Waals surface area contributed by atoms with Crippen LogP contribution < -0.4 is 11.2 Å². The maximum Gasteiger partial charge on any atom is 0.325 e. The highest BCUT2D eigenvalue weighted by Gasteiger charge is 2.53. The van der Waals surface area contributed by atoms with E-state index in [1.807, 2.05) is 0 Å². The van der Waals surface area contributed by atoms with E-state index in [2.05, 4.69) is 25.4 Å². The average Bonchev–Trinajstić information content (AvgIpc) is 3.73. The number of aromatic nitrogens is 6. The van der Waals surface area contributed by atoms with Crippen molar-refractivity contribution in [3.05, 3.63) is 36.7 Å². The fraction of sp³-hybridized carbons (Fsp3) is 0.500. The van der Waals surface area contributed by atoms with Crippen molar-refractivity contribution in [3.63, 3.8) is 0 Å². The van der Waals surface area contributed by atoms with Crippen molar-refractivity contribution in [2.75, 3.05) is 31.0 Å². The summed E-state index contributed by atoms with van der Waals surface area (Å²) < 4.78 is 82.4. The molecule has 4 aliphatic heterocycles. The van der Waals surface area contributed by atoms with Crippen LogP contribution in [0.15, 0.2) is 31.1 Å². The van der Waals surface area contributed by atoms with E-state index in [1.165, 1.54) is 28.0 Å². The summed E-state index contributed by atoms with van der Waals surface area (Å²) in [7, 11) is 1.34. The molecule has 4 N–H and O–H groups in total. The molecule has 10 atom stereocenters. The van der Waals surface area contributed by atoms with Gasteiger partial charge < -0.3 is 38.2 Å². The number of anilines is 2.